The van der Waals surface area contributed by atoms with Crippen molar-refractivity contribution in [1.29, 1.82) is 0 Å². The molecule has 1 aromatic carbocycles. The molecule has 6 nitrogen and oxygen atoms in total. The van der Waals surface area contributed by atoms with E-state index in [1.807, 2.05) is 47.8 Å². The number of nitrogens with zero attached hydrogens (tertiary/aromatic N) is 2. The lowest BCUT2D eigenvalue weighted by atomic mass is 10.0. The Morgan fingerprint density at radius 2 is 2.08 bits per heavy atom. The van der Waals surface area contributed by atoms with E-state index >= 15 is 0 Å². The number of carbonyl (C=O) groups is 1. The van der Waals surface area contributed by atoms with Gasteiger partial charge in [0.15, 0.2) is 11.5 Å². The Morgan fingerprint density at radius 1 is 1.15 bits per heavy atom. The maximum atomic E-state index is 13.0. The molecule has 3 aromatic rings. The van der Waals surface area contributed by atoms with Crippen molar-refractivity contribution in [3.63, 3.8) is 0 Å². The molecule has 0 saturated carbocycles. The number of carbonyl (C=O) groups excluding carboxylic acids is 1. The SMILES string of the molecule is O=C(c1cccs1)N1N=C(c2ccco2)CC1c1ccc2c(c1)OCO2. The summed E-state index contributed by atoms with van der Waals surface area (Å²) in [6, 6.07) is 12.9. The van der Waals surface area contributed by atoms with Crippen molar-refractivity contribution in [2.45, 2.75) is 12.5 Å². The predicted octanol–water partition coefficient (Wildman–Crippen LogP) is 4.06. The molecule has 0 saturated heterocycles. The lowest BCUT2D eigenvalue weighted by molar-refractivity contribution is 0.0716. The number of furan rings is 1. The smallest absolute Gasteiger partial charge is 0.284 e. The van der Waals surface area contributed by atoms with Crippen LogP contribution in [0.1, 0.15) is 33.5 Å². The van der Waals surface area contributed by atoms with Crippen molar-refractivity contribution in [2.75, 3.05) is 6.79 Å². The average molecular weight is 366 g/mol. The summed E-state index contributed by atoms with van der Waals surface area (Å²) in [7, 11) is 0. The highest BCUT2D eigenvalue weighted by Gasteiger charge is 2.35. The highest BCUT2D eigenvalue weighted by molar-refractivity contribution is 7.12. The molecule has 0 fully saturated rings. The minimum atomic E-state index is -0.223. The first kappa shape index (κ1) is 15.2. The number of rotatable bonds is 3. The Balaban J connectivity index is 1.53. The summed E-state index contributed by atoms with van der Waals surface area (Å²) in [5, 5.41) is 8.01. The van der Waals surface area contributed by atoms with Gasteiger partial charge >= 0.3 is 0 Å². The molecule has 5 rings (SSSR count). The molecule has 2 aromatic heterocycles. The summed E-state index contributed by atoms with van der Waals surface area (Å²) < 4.78 is 16.4. The molecular weight excluding hydrogens is 352 g/mol. The Labute approximate surface area is 153 Å². The van der Waals surface area contributed by atoms with Gasteiger partial charge in [0.05, 0.1) is 17.2 Å². The summed E-state index contributed by atoms with van der Waals surface area (Å²) in [6.45, 7) is 0.218. The maximum absolute atomic E-state index is 13.0. The van der Waals surface area contributed by atoms with Crippen LogP contribution in [0.2, 0.25) is 0 Å². The van der Waals surface area contributed by atoms with Crippen LogP contribution in [0.5, 0.6) is 11.5 Å². The van der Waals surface area contributed by atoms with E-state index in [1.54, 1.807) is 11.3 Å². The van der Waals surface area contributed by atoms with Gasteiger partial charge in [-0.3, -0.25) is 4.79 Å². The van der Waals surface area contributed by atoms with E-state index in [4.69, 9.17) is 13.9 Å². The van der Waals surface area contributed by atoms with Gasteiger partial charge in [-0.15, -0.1) is 11.3 Å². The van der Waals surface area contributed by atoms with Crippen molar-refractivity contribution in [2.24, 2.45) is 5.10 Å². The zero-order valence-electron chi connectivity index (χ0n) is 13.6. The number of fused-ring (bicyclic) bond motifs is 1. The van der Waals surface area contributed by atoms with Crippen molar-refractivity contribution in [3.8, 4) is 11.5 Å². The predicted molar refractivity (Wildman–Crippen MR) is 95.7 cm³/mol. The van der Waals surface area contributed by atoms with Crippen LogP contribution < -0.4 is 9.47 Å². The molecule has 0 radical (unpaired) electrons. The van der Waals surface area contributed by atoms with E-state index < -0.39 is 0 Å². The maximum Gasteiger partial charge on any atom is 0.284 e. The summed E-state index contributed by atoms with van der Waals surface area (Å²) in [6.07, 6.45) is 2.18. The monoisotopic (exact) mass is 366 g/mol. The van der Waals surface area contributed by atoms with Crippen LogP contribution in [0.3, 0.4) is 0 Å². The van der Waals surface area contributed by atoms with Crippen LogP contribution in [-0.4, -0.2) is 23.4 Å². The second-order valence-corrected chi connectivity index (χ2v) is 6.93. The third kappa shape index (κ3) is 2.48. The van der Waals surface area contributed by atoms with E-state index in [-0.39, 0.29) is 18.7 Å². The van der Waals surface area contributed by atoms with Gasteiger partial charge in [0.1, 0.15) is 11.5 Å². The normalized spacial score (nSPS) is 18.2. The minimum Gasteiger partial charge on any atom is -0.463 e. The van der Waals surface area contributed by atoms with Crippen LogP contribution in [-0.2, 0) is 0 Å². The topological polar surface area (TPSA) is 64.3 Å². The fourth-order valence-corrected chi connectivity index (χ4v) is 3.84. The van der Waals surface area contributed by atoms with E-state index in [2.05, 4.69) is 5.10 Å². The molecule has 26 heavy (non-hydrogen) atoms. The van der Waals surface area contributed by atoms with Gasteiger partial charge in [-0.1, -0.05) is 12.1 Å². The third-order valence-electron chi connectivity index (χ3n) is 4.44. The van der Waals surface area contributed by atoms with Crippen molar-refractivity contribution in [3.05, 3.63) is 70.3 Å². The molecule has 2 aliphatic heterocycles. The second-order valence-electron chi connectivity index (χ2n) is 5.98. The fourth-order valence-electron chi connectivity index (χ4n) is 3.18. The number of ether oxygens (including phenoxy) is 2. The molecule has 7 heteroatoms. The van der Waals surface area contributed by atoms with Gasteiger partial charge in [-0.05, 0) is 41.3 Å². The zero-order valence-corrected chi connectivity index (χ0v) is 14.4. The number of hydrogen-bond donors (Lipinski definition) is 0. The molecule has 4 heterocycles. The number of amides is 1. The summed E-state index contributed by atoms with van der Waals surface area (Å²) in [5.74, 6) is 1.97. The van der Waals surface area contributed by atoms with Crippen molar-refractivity contribution < 1.29 is 18.7 Å². The quantitative estimate of drug-likeness (QED) is 0.701. The molecule has 1 atom stereocenters. The van der Waals surface area contributed by atoms with E-state index in [0.717, 1.165) is 17.0 Å². The molecule has 1 amide bonds. The van der Waals surface area contributed by atoms with Crippen LogP contribution in [0.4, 0.5) is 0 Å². The molecule has 1 unspecified atom stereocenters. The zero-order chi connectivity index (χ0) is 17.5. The summed E-state index contributed by atoms with van der Waals surface area (Å²) in [4.78, 5) is 13.6. The van der Waals surface area contributed by atoms with Crippen molar-refractivity contribution in [1.82, 2.24) is 5.01 Å². The highest BCUT2D eigenvalue weighted by atomic mass is 32.1. The van der Waals surface area contributed by atoms with Crippen LogP contribution in [0, 0.1) is 0 Å². The molecule has 0 aliphatic carbocycles. The van der Waals surface area contributed by atoms with Crippen LogP contribution >= 0.6 is 11.3 Å². The van der Waals surface area contributed by atoms with Gasteiger partial charge in [-0.2, -0.15) is 5.10 Å². The highest BCUT2D eigenvalue weighted by Crippen LogP contribution is 2.39. The Hall–Kier alpha value is -3.06. The van der Waals surface area contributed by atoms with Gasteiger partial charge in [0, 0.05) is 6.42 Å². The number of benzene rings is 1. The molecule has 130 valence electrons. The third-order valence-corrected chi connectivity index (χ3v) is 5.30. The lowest BCUT2D eigenvalue weighted by Crippen LogP contribution is -2.26. The summed E-state index contributed by atoms with van der Waals surface area (Å²) >= 11 is 1.41. The number of hydrazone groups is 1. The van der Waals surface area contributed by atoms with Crippen molar-refractivity contribution >= 4 is 23.0 Å². The molecule has 0 N–H and O–H groups in total. The van der Waals surface area contributed by atoms with E-state index in [9.17, 15) is 4.79 Å². The Bertz CT molecular complexity index is 979. The standard InChI is InChI=1S/C19H14N2O4S/c22-19(18-4-2-8-26-18)21-14(10-13(20-21)15-3-1-7-23-15)12-5-6-16-17(9-12)25-11-24-16/h1-9,14H,10-11H2. The fraction of sp³-hybridized carbons (Fsp3) is 0.158. The molecular formula is C19H14N2O4S. The largest absolute Gasteiger partial charge is 0.463 e. The van der Waals surface area contributed by atoms with Gasteiger partial charge < -0.3 is 13.9 Å². The Morgan fingerprint density at radius 3 is 2.88 bits per heavy atom. The van der Waals surface area contributed by atoms with E-state index in [0.29, 0.717) is 22.8 Å². The van der Waals surface area contributed by atoms with Crippen LogP contribution in [0.25, 0.3) is 0 Å². The Kier molecular flexibility index (Phi) is 3.53. The first-order valence-electron chi connectivity index (χ1n) is 8.17. The first-order chi connectivity index (χ1) is 12.8. The molecule has 0 bridgehead atoms. The van der Waals surface area contributed by atoms with Gasteiger partial charge in [-0.25, -0.2) is 5.01 Å². The first-order valence-corrected chi connectivity index (χ1v) is 9.05. The van der Waals surface area contributed by atoms with Gasteiger partial charge in [0.25, 0.3) is 5.91 Å². The molecule has 0 spiro atoms. The summed E-state index contributed by atoms with van der Waals surface area (Å²) in [5.41, 5.74) is 1.70. The van der Waals surface area contributed by atoms with E-state index in [1.165, 1.54) is 11.3 Å². The average Bonchev–Trinajstić information content (AvgIpc) is 3.47. The van der Waals surface area contributed by atoms with Gasteiger partial charge in [0.2, 0.25) is 6.79 Å². The number of hydrogen-bond acceptors (Lipinski definition) is 6. The second kappa shape index (κ2) is 6.03. The minimum absolute atomic E-state index is 0.121. The number of thiophene rings is 1. The molecule has 2 aliphatic rings. The lowest BCUT2D eigenvalue weighted by Gasteiger charge is -2.21. The van der Waals surface area contributed by atoms with Crippen LogP contribution in [0.15, 0.2) is 63.6 Å².